The Hall–Kier alpha value is -2.34. The molecule has 0 saturated carbocycles. The highest BCUT2D eigenvalue weighted by molar-refractivity contribution is 5.74. The Balaban J connectivity index is 1.50. The Bertz CT molecular complexity index is 671. The third-order valence-corrected chi connectivity index (χ3v) is 4.47. The summed E-state index contributed by atoms with van der Waals surface area (Å²) < 4.78 is 5.15. The predicted molar refractivity (Wildman–Crippen MR) is 91.4 cm³/mol. The van der Waals surface area contributed by atoms with Gasteiger partial charge in [0.05, 0.1) is 6.54 Å². The maximum atomic E-state index is 12.4. The predicted octanol–water partition coefficient (Wildman–Crippen LogP) is 2.40. The molecule has 2 heterocycles. The molecule has 0 radical (unpaired) electrons. The Morgan fingerprint density at radius 3 is 2.79 bits per heavy atom. The van der Waals surface area contributed by atoms with Gasteiger partial charge in [-0.2, -0.15) is 0 Å². The fourth-order valence-corrected chi connectivity index (χ4v) is 3.08. The van der Waals surface area contributed by atoms with Crippen LogP contribution in [0.5, 0.6) is 0 Å². The van der Waals surface area contributed by atoms with Crippen molar-refractivity contribution in [3.8, 4) is 0 Å². The van der Waals surface area contributed by atoms with Crippen molar-refractivity contribution < 1.29 is 9.21 Å². The summed E-state index contributed by atoms with van der Waals surface area (Å²) in [4.78, 5) is 20.8. The van der Waals surface area contributed by atoms with Crippen LogP contribution in [0.25, 0.3) is 0 Å². The lowest BCUT2D eigenvalue weighted by molar-refractivity contribution is 0.0973. The number of carbonyl (C=O) groups excluding carboxylic acids is 1. The molecular formula is C18H24N4O2. The molecule has 1 atom stereocenters. The smallest absolute Gasteiger partial charge is 0.318 e. The van der Waals surface area contributed by atoms with Crippen LogP contribution >= 0.6 is 0 Å². The SMILES string of the molecule is Cc1ocnc1CNC(=O)N1CCN(Cc2ccccc2)C[C@H]1C. The molecule has 1 aromatic carbocycles. The number of aromatic nitrogens is 1. The third-order valence-electron chi connectivity index (χ3n) is 4.47. The fraction of sp³-hybridized carbons (Fsp3) is 0.444. The van der Waals surface area contributed by atoms with Gasteiger partial charge in [0.15, 0.2) is 6.39 Å². The number of urea groups is 1. The molecule has 1 N–H and O–H groups in total. The summed E-state index contributed by atoms with van der Waals surface area (Å²) in [7, 11) is 0. The van der Waals surface area contributed by atoms with Crippen LogP contribution < -0.4 is 5.32 Å². The highest BCUT2D eigenvalue weighted by Crippen LogP contribution is 2.13. The molecule has 6 heteroatoms. The number of rotatable bonds is 4. The van der Waals surface area contributed by atoms with Gasteiger partial charge < -0.3 is 14.6 Å². The quantitative estimate of drug-likeness (QED) is 0.936. The van der Waals surface area contributed by atoms with E-state index in [-0.39, 0.29) is 12.1 Å². The Morgan fingerprint density at radius 2 is 2.12 bits per heavy atom. The number of nitrogens with one attached hydrogen (secondary N) is 1. The van der Waals surface area contributed by atoms with Crippen molar-refractivity contribution in [2.45, 2.75) is 33.0 Å². The third kappa shape index (κ3) is 3.94. The van der Waals surface area contributed by atoms with Crippen molar-refractivity contribution in [3.63, 3.8) is 0 Å². The van der Waals surface area contributed by atoms with E-state index in [0.29, 0.717) is 6.54 Å². The number of oxazole rings is 1. The van der Waals surface area contributed by atoms with Crippen molar-refractivity contribution in [2.75, 3.05) is 19.6 Å². The van der Waals surface area contributed by atoms with Crippen molar-refractivity contribution in [3.05, 3.63) is 53.7 Å². The molecule has 1 fully saturated rings. The number of carbonyl (C=O) groups is 1. The molecule has 1 aromatic heterocycles. The van der Waals surface area contributed by atoms with Crippen LogP contribution in [-0.2, 0) is 13.1 Å². The molecule has 2 aromatic rings. The Kier molecular flexibility index (Phi) is 5.15. The van der Waals surface area contributed by atoms with Crippen LogP contribution in [0, 0.1) is 6.92 Å². The molecule has 2 amide bonds. The molecule has 0 spiro atoms. The first-order chi connectivity index (χ1) is 11.6. The minimum absolute atomic E-state index is 0.0377. The van der Waals surface area contributed by atoms with E-state index in [4.69, 9.17) is 4.42 Å². The minimum atomic E-state index is -0.0377. The summed E-state index contributed by atoms with van der Waals surface area (Å²) in [6.07, 6.45) is 1.40. The molecular weight excluding hydrogens is 304 g/mol. The van der Waals surface area contributed by atoms with Gasteiger partial charge >= 0.3 is 6.03 Å². The Morgan fingerprint density at radius 1 is 1.33 bits per heavy atom. The maximum absolute atomic E-state index is 12.4. The first kappa shape index (κ1) is 16.5. The van der Waals surface area contributed by atoms with Gasteiger partial charge in [-0.3, -0.25) is 4.90 Å². The van der Waals surface area contributed by atoms with E-state index in [0.717, 1.165) is 37.6 Å². The van der Waals surface area contributed by atoms with Gasteiger partial charge in [0, 0.05) is 32.2 Å². The lowest BCUT2D eigenvalue weighted by Crippen LogP contribution is -2.56. The molecule has 1 saturated heterocycles. The zero-order valence-electron chi connectivity index (χ0n) is 14.2. The first-order valence-electron chi connectivity index (χ1n) is 8.33. The van der Waals surface area contributed by atoms with E-state index in [2.05, 4.69) is 46.4 Å². The van der Waals surface area contributed by atoms with E-state index in [1.165, 1.54) is 12.0 Å². The topological polar surface area (TPSA) is 61.6 Å². The van der Waals surface area contributed by atoms with Gasteiger partial charge in [-0.1, -0.05) is 30.3 Å². The zero-order chi connectivity index (χ0) is 16.9. The fourth-order valence-electron chi connectivity index (χ4n) is 3.08. The second-order valence-electron chi connectivity index (χ2n) is 6.28. The number of aryl methyl sites for hydroxylation is 1. The molecule has 0 bridgehead atoms. The summed E-state index contributed by atoms with van der Waals surface area (Å²) in [6, 6.07) is 10.6. The lowest BCUT2D eigenvalue weighted by Gasteiger charge is -2.39. The van der Waals surface area contributed by atoms with E-state index in [1.54, 1.807) is 0 Å². The van der Waals surface area contributed by atoms with Gasteiger partial charge in [-0.25, -0.2) is 9.78 Å². The van der Waals surface area contributed by atoms with Crippen LogP contribution in [0.3, 0.4) is 0 Å². The van der Waals surface area contributed by atoms with Crippen LogP contribution in [0.15, 0.2) is 41.1 Å². The second-order valence-corrected chi connectivity index (χ2v) is 6.28. The van der Waals surface area contributed by atoms with Crippen LogP contribution in [0.2, 0.25) is 0 Å². The van der Waals surface area contributed by atoms with Crippen molar-refractivity contribution in [1.29, 1.82) is 0 Å². The maximum Gasteiger partial charge on any atom is 0.318 e. The van der Waals surface area contributed by atoms with Gasteiger partial charge in [0.2, 0.25) is 0 Å². The number of benzene rings is 1. The number of piperazine rings is 1. The normalized spacial score (nSPS) is 18.6. The summed E-state index contributed by atoms with van der Waals surface area (Å²) in [5.74, 6) is 0.746. The first-order valence-corrected chi connectivity index (χ1v) is 8.33. The van der Waals surface area contributed by atoms with E-state index in [1.807, 2.05) is 17.9 Å². The molecule has 0 unspecified atom stereocenters. The number of hydrogen-bond donors (Lipinski definition) is 1. The monoisotopic (exact) mass is 328 g/mol. The number of nitrogens with zero attached hydrogens (tertiary/aromatic N) is 3. The van der Waals surface area contributed by atoms with Crippen LogP contribution in [0.1, 0.15) is 23.9 Å². The average Bonchev–Trinajstić information content (AvgIpc) is 2.99. The summed E-state index contributed by atoms with van der Waals surface area (Å²) in [5, 5.41) is 2.94. The van der Waals surface area contributed by atoms with Crippen molar-refractivity contribution in [2.24, 2.45) is 0 Å². The van der Waals surface area contributed by atoms with Crippen molar-refractivity contribution in [1.82, 2.24) is 20.1 Å². The summed E-state index contributed by atoms with van der Waals surface area (Å²) in [6.45, 7) is 7.77. The minimum Gasteiger partial charge on any atom is -0.448 e. The highest BCUT2D eigenvalue weighted by atomic mass is 16.3. The standard InChI is InChI=1S/C18H24N4O2/c1-14-11-21(12-16-6-4-3-5-7-16)8-9-22(14)18(23)19-10-17-15(2)24-13-20-17/h3-7,13-14H,8-12H2,1-2H3,(H,19,23)/t14-/m1/s1. The van der Waals surface area contributed by atoms with E-state index >= 15 is 0 Å². The Labute approximate surface area is 142 Å². The van der Waals surface area contributed by atoms with E-state index < -0.39 is 0 Å². The molecule has 24 heavy (non-hydrogen) atoms. The summed E-state index contributed by atoms with van der Waals surface area (Å²) in [5.41, 5.74) is 2.09. The van der Waals surface area contributed by atoms with Crippen molar-refractivity contribution >= 4 is 6.03 Å². The molecule has 3 rings (SSSR count). The molecule has 1 aliphatic rings. The second kappa shape index (κ2) is 7.49. The molecule has 6 nitrogen and oxygen atoms in total. The van der Waals surface area contributed by atoms with Gasteiger partial charge in [0.1, 0.15) is 11.5 Å². The van der Waals surface area contributed by atoms with Gasteiger partial charge in [0.25, 0.3) is 0 Å². The number of amides is 2. The highest BCUT2D eigenvalue weighted by Gasteiger charge is 2.27. The average molecular weight is 328 g/mol. The summed E-state index contributed by atoms with van der Waals surface area (Å²) >= 11 is 0. The molecule has 128 valence electrons. The molecule has 0 aliphatic carbocycles. The number of hydrogen-bond acceptors (Lipinski definition) is 4. The van der Waals surface area contributed by atoms with E-state index in [9.17, 15) is 4.79 Å². The molecule has 1 aliphatic heterocycles. The van der Waals surface area contributed by atoms with Crippen LogP contribution in [0.4, 0.5) is 4.79 Å². The largest absolute Gasteiger partial charge is 0.448 e. The zero-order valence-corrected chi connectivity index (χ0v) is 14.2. The van der Waals surface area contributed by atoms with Gasteiger partial charge in [-0.05, 0) is 19.4 Å². The lowest BCUT2D eigenvalue weighted by atomic mass is 10.1. The van der Waals surface area contributed by atoms with Gasteiger partial charge in [-0.15, -0.1) is 0 Å². The van der Waals surface area contributed by atoms with Crippen LogP contribution in [-0.4, -0.2) is 46.5 Å².